The summed E-state index contributed by atoms with van der Waals surface area (Å²) in [5.74, 6) is 0.278. The third-order valence-electron chi connectivity index (χ3n) is 3.12. The van der Waals surface area contributed by atoms with Gasteiger partial charge in [-0.05, 0) is 48.4 Å². The van der Waals surface area contributed by atoms with E-state index in [1.807, 2.05) is 0 Å². The molecule has 0 aromatic heterocycles. The fourth-order valence-corrected chi connectivity index (χ4v) is 1.89. The zero-order valence-electron chi connectivity index (χ0n) is 11.8. The van der Waals surface area contributed by atoms with Crippen LogP contribution < -0.4 is 4.74 Å². The molecule has 0 aliphatic heterocycles. The van der Waals surface area contributed by atoms with E-state index in [-0.39, 0.29) is 22.8 Å². The number of hydrogen-bond donors (Lipinski definition) is 2. The van der Waals surface area contributed by atoms with Crippen LogP contribution in [0.2, 0.25) is 0 Å². The molecule has 2 aromatic rings. The van der Waals surface area contributed by atoms with Crippen molar-refractivity contribution in [3.8, 4) is 17.2 Å². The maximum absolute atomic E-state index is 12.1. The Balaban J connectivity index is 2.20. The highest BCUT2D eigenvalue weighted by Gasteiger charge is 2.09. The normalized spacial score (nSPS) is 10.8. The van der Waals surface area contributed by atoms with Gasteiger partial charge in [-0.15, -0.1) is 0 Å². The van der Waals surface area contributed by atoms with Gasteiger partial charge in [-0.1, -0.05) is 12.1 Å². The molecule has 0 unspecified atom stereocenters. The van der Waals surface area contributed by atoms with Crippen LogP contribution >= 0.6 is 0 Å². The second-order valence-corrected chi connectivity index (χ2v) is 4.63. The molecule has 0 fully saturated rings. The summed E-state index contributed by atoms with van der Waals surface area (Å²) in [5.41, 5.74) is 1.74. The topological polar surface area (TPSA) is 66.8 Å². The quantitative estimate of drug-likeness (QED) is 0.667. The van der Waals surface area contributed by atoms with Gasteiger partial charge in [-0.3, -0.25) is 4.79 Å². The highest BCUT2D eigenvalue weighted by atomic mass is 16.5. The van der Waals surface area contributed by atoms with Crippen LogP contribution in [0.25, 0.3) is 6.08 Å². The summed E-state index contributed by atoms with van der Waals surface area (Å²) < 4.78 is 4.97. The van der Waals surface area contributed by atoms with E-state index in [0.717, 1.165) is 11.1 Å². The molecule has 0 aliphatic carbocycles. The van der Waals surface area contributed by atoms with Crippen molar-refractivity contribution in [2.24, 2.45) is 0 Å². The highest BCUT2D eigenvalue weighted by molar-refractivity contribution is 6.08. The highest BCUT2D eigenvalue weighted by Crippen LogP contribution is 2.24. The molecule has 0 saturated heterocycles. The number of rotatable bonds is 4. The first kappa shape index (κ1) is 14.7. The van der Waals surface area contributed by atoms with Crippen LogP contribution in [-0.2, 0) is 0 Å². The third kappa shape index (κ3) is 3.42. The maximum atomic E-state index is 12.1. The van der Waals surface area contributed by atoms with Crippen molar-refractivity contribution in [1.29, 1.82) is 0 Å². The minimum Gasteiger partial charge on any atom is -0.508 e. The lowest BCUT2D eigenvalue weighted by atomic mass is 10.1. The van der Waals surface area contributed by atoms with E-state index in [2.05, 4.69) is 0 Å². The first-order chi connectivity index (χ1) is 10.0. The van der Waals surface area contributed by atoms with Crippen molar-refractivity contribution in [3.05, 3.63) is 59.2 Å². The predicted molar refractivity (Wildman–Crippen MR) is 80.9 cm³/mol. The second-order valence-electron chi connectivity index (χ2n) is 4.63. The van der Waals surface area contributed by atoms with E-state index >= 15 is 0 Å². The summed E-state index contributed by atoms with van der Waals surface area (Å²) in [4.78, 5) is 12.1. The van der Waals surface area contributed by atoms with Gasteiger partial charge in [-0.25, -0.2) is 0 Å². The molecule has 0 amide bonds. The van der Waals surface area contributed by atoms with Gasteiger partial charge in [0, 0.05) is 6.07 Å². The molecule has 0 aliphatic rings. The van der Waals surface area contributed by atoms with Gasteiger partial charge in [-0.2, -0.15) is 0 Å². The van der Waals surface area contributed by atoms with Crippen LogP contribution in [0.4, 0.5) is 0 Å². The molecule has 0 radical (unpaired) electrons. The van der Waals surface area contributed by atoms with Crippen molar-refractivity contribution in [2.75, 3.05) is 7.11 Å². The largest absolute Gasteiger partial charge is 0.508 e. The summed E-state index contributed by atoms with van der Waals surface area (Å²) in [5, 5.41) is 19.3. The van der Waals surface area contributed by atoms with Crippen molar-refractivity contribution in [3.63, 3.8) is 0 Å². The molecule has 0 saturated carbocycles. The summed E-state index contributed by atoms with van der Waals surface area (Å²) >= 11 is 0. The van der Waals surface area contributed by atoms with Crippen LogP contribution in [0.3, 0.4) is 0 Å². The lowest BCUT2D eigenvalue weighted by Gasteiger charge is -2.04. The number of methoxy groups -OCH3 is 1. The number of ketones is 1. The number of carbonyl (C=O) groups excluding carboxylic acids is 1. The zero-order valence-corrected chi connectivity index (χ0v) is 11.8. The van der Waals surface area contributed by atoms with E-state index in [9.17, 15) is 15.0 Å². The van der Waals surface area contributed by atoms with Crippen LogP contribution in [0.5, 0.6) is 17.2 Å². The van der Waals surface area contributed by atoms with E-state index in [4.69, 9.17) is 4.74 Å². The molecule has 2 N–H and O–H groups in total. The molecular weight excluding hydrogens is 268 g/mol. The molecule has 0 heterocycles. The van der Waals surface area contributed by atoms with Crippen LogP contribution in [0.15, 0.2) is 42.5 Å². The number of phenolic OH excluding ortho intramolecular Hbond substituents is 2. The number of aryl methyl sites for hydroxylation is 1. The Hall–Kier alpha value is -2.75. The van der Waals surface area contributed by atoms with Gasteiger partial charge >= 0.3 is 0 Å². The number of carbonyl (C=O) groups is 1. The van der Waals surface area contributed by atoms with Gasteiger partial charge in [0.05, 0.1) is 12.7 Å². The van der Waals surface area contributed by atoms with Crippen molar-refractivity contribution >= 4 is 11.9 Å². The SMILES string of the molecule is COc1ccc(C(=O)/C=C/c2ccc(O)c(C)c2)c(O)c1. The Morgan fingerprint density at radius 2 is 1.86 bits per heavy atom. The first-order valence-electron chi connectivity index (χ1n) is 6.40. The van der Waals surface area contributed by atoms with Gasteiger partial charge in [0.1, 0.15) is 17.2 Å². The number of aromatic hydroxyl groups is 2. The minimum atomic E-state index is -0.305. The zero-order chi connectivity index (χ0) is 15.4. The fraction of sp³-hybridized carbons (Fsp3) is 0.118. The Labute approximate surface area is 122 Å². The predicted octanol–water partition coefficient (Wildman–Crippen LogP) is 3.31. The number of allylic oxidation sites excluding steroid dienone is 1. The Kier molecular flexibility index (Phi) is 4.28. The molecule has 4 heteroatoms. The molecule has 108 valence electrons. The fourth-order valence-electron chi connectivity index (χ4n) is 1.89. The van der Waals surface area contributed by atoms with Gasteiger partial charge in [0.15, 0.2) is 5.78 Å². The third-order valence-corrected chi connectivity index (χ3v) is 3.12. The van der Waals surface area contributed by atoms with Crippen LogP contribution in [0.1, 0.15) is 21.5 Å². The molecule has 0 atom stereocenters. The first-order valence-corrected chi connectivity index (χ1v) is 6.40. The van der Waals surface area contributed by atoms with E-state index in [1.54, 1.807) is 37.3 Å². The lowest BCUT2D eigenvalue weighted by molar-refractivity contribution is 0.104. The van der Waals surface area contributed by atoms with Gasteiger partial charge < -0.3 is 14.9 Å². The van der Waals surface area contributed by atoms with Gasteiger partial charge in [0.2, 0.25) is 0 Å². The van der Waals surface area contributed by atoms with Crippen molar-refractivity contribution in [2.45, 2.75) is 6.92 Å². The van der Waals surface area contributed by atoms with Crippen molar-refractivity contribution in [1.82, 2.24) is 0 Å². The van der Waals surface area contributed by atoms with E-state index in [0.29, 0.717) is 5.75 Å². The van der Waals surface area contributed by atoms with Crippen molar-refractivity contribution < 1.29 is 19.7 Å². The molecule has 0 bridgehead atoms. The van der Waals surface area contributed by atoms with Crippen LogP contribution in [0, 0.1) is 6.92 Å². The smallest absolute Gasteiger partial charge is 0.189 e. The monoisotopic (exact) mass is 284 g/mol. The molecule has 21 heavy (non-hydrogen) atoms. The molecule has 4 nitrogen and oxygen atoms in total. The second kappa shape index (κ2) is 6.13. The van der Waals surface area contributed by atoms with Crippen LogP contribution in [-0.4, -0.2) is 23.1 Å². The maximum Gasteiger partial charge on any atom is 0.189 e. The Morgan fingerprint density at radius 3 is 2.48 bits per heavy atom. The summed E-state index contributed by atoms with van der Waals surface area (Å²) in [6.45, 7) is 1.78. The van der Waals surface area contributed by atoms with E-state index < -0.39 is 0 Å². The number of phenols is 2. The summed E-state index contributed by atoms with van der Waals surface area (Å²) in [6.07, 6.45) is 3.02. The number of benzene rings is 2. The minimum absolute atomic E-state index is 0.120. The molecule has 0 spiro atoms. The van der Waals surface area contributed by atoms with Gasteiger partial charge in [0.25, 0.3) is 0 Å². The average Bonchev–Trinajstić information content (AvgIpc) is 2.48. The lowest BCUT2D eigenvalue weighted by Crippen LogP contribution is -1.95. The molecule has 2 rings (SSSR count). The number of hydrogen-bond acceptors (Lipinski definition) is 4. The number of ether oxygens (including phenoxy) is 1. The van der Waals surface area contributed by atoms with E-state index in [1.165, 1.54) is 25.3 Å². The Morgan fingerprint density at radius 1 is 1.10 bits per heavy atom. The standard InChI is InChI=1S/C17H16O4/c1-11-9-12(3-7-15(11)18)4-8-16(19)14-6-5-13(21-2)10-17(14)20/h3-10,18,20H,1-2H3/b8-4+. The Bertz CT molecular complexity index is 702. The summed E-state index contributed by atoms with van der Waals surface area (Å²) in [6, 6.07) is 9.58. The molecule has 2 aromatic carbocycles. The molecular formula is C17H16O4. The summed E-state index contributed by atoms with van der Waals surface area (Å²) in [7, 11) is 1.49. The average molecular weight is 284 g/mol.